The molecule has 2 N–H and O–H groups in total. The van der Waals surface area contributed by atoms with Crippen molar-refractivity contribution < 1.29 is 14.3 Å². The van der Waals surface area contributed by atoms with Gasteiger partial charge in [0.15, 0.2) is 0 Å². The molecule has 108 valence electrons. The van der Waals surface area contributed by atoms with E-state index in [1.165, 1.54) is 7.11 Å². The van der Waals surface area contributed by atoms with Gasteiger partial charge in [0.05, 0.1) is 13.7 Å². The highest BCUT2D eigenvalue weighted by atomic mass is 16.5. The summed E-state index contributed by atoms with van der Waals surface area (Å²) in [6.07, 6.45) is 2.56. The monoisotopic (exact) mass is 260 g/mol. The van der Waals surface area contributed by atoms with Gasteiger partial charge < -0.3 is 20.1 Å². The zero-order valence-electron chi connectivity index (χ0n) is 12.4. The Morgan fingerprint density at radius 3 is 2.50 bits per heavy atom. The van der Waals surface area contributed by atoms with Gasteiger partial charge in [-0.1, -0.05) is 0 Å². The van der Waals surface area contributed by atoms with Crippen LogP contribution in [0.2, 0.25) is 0 Å². The lowest BCUT2D eigenvalue weighted by Gasteiger charge is -2.25. The largest absolute Gasteiger partial charge is 0.468 e. The van der Waals surface area contributed by atoms with Crippen molar-refractivity contribution in [1.29, 1.82) is 0 Å². The molecular formula is C13H28N2O3. The zero-order chi connectivity index (χ0) is 14.2. The summed E-state index contributed by atoms with van der Waals surface area (Å²) >= 11 is 0. The molecule has 0 radical (unpaired) electrons. The molecule has 0 amide bonds. The van der Waals surface area contributed by atoms with Crippen molar-refractivity contribution in [2.75, 3.05) is 34.4 Å². The van der Waals surface area contributed by atoms with Crippen LogP contribution in [0.3, 0.4) is 0 Å². The van der Waals surface area contributed by atoms with Crippen LogP contribution in [0.25, 0.3) is 0 Å². The lowest BCUT2D eigenvalue weighted by Crippen LogP contribution is -2.45. The quantitative estimate of drug-likeness (QED) is 0.495. The standard InChI is InChI=1S/C13H28N2O3/c1-11(10-17-4)15(3)9-7-6-8-13(2,14)12(16)18-5/h11H,6-10,14H2,1-5H3. The second kappa shape index (κ2) is 8.45. The first-order chi connectivity index (χ1) is 8.35. The molecular weight excluding hydrogens is 232 g/mol. The molecule has 0 spiro atoms. The van der Waals surface area contributed by atoms with Crippen molar-refractivity contribution >= 4 is 5.97 Å². The van der Waals surface area contributed by atoms with E-state index in [0.717, 1.165) is 26.0 Å². The summed E-state index contributed by atoms with van der Waals surface area (Å²) in [5.74, 6) is -0.344. The summed E-state index contributed by atoms with van der Waals surface area (Å²) in [6, 6.07) is 0.403. The van der Waals surface area contributed by atoms with Gasteiger partial charge in [0.2, 0.25) is 0 Å². The summed E-state index contributed by atoms with van der Waals surface area (Å²) in [7, 11) is 5.15. The molecule has 0 aliphatic heterocycles. The summed E-state index contributed by atoms with van der Waals surface area (Å²) in [5.41, 5.74) is 5.02. The number of hydrogen-bond donors (Lipinski definition) is 1. The maximum Gasteiger partial charge on any atom is 0.325 e. The minimum Gasteiger partial charge on any atom is -0.468 e. The fourth-order valence-electron chi connectivity index (χ4n) is 1.78. The molecule has 0 heterocycles. The van der Waals surface area contributed by atoms with Crippen LogP contribution in [0.1, 0.15) is 33.1 Å². The highest BCUT2D eigenvalue weighted by molar-refractivity contribution is 5.79. The molecule has 0 saturated heterocycles. The molecule has 2 unspecified atom stereocenters. The molecule has 0 aromatic rings. The molecule has 5 nitrogen and oxygen atoms in total. The van der Waals surface area contributed by atoms with E-state index in [1.54, 1.807) is 14.0 Å². The van der Waals surface area contributed by atoms with Gasteiger partial charge in [-0.3, -0.25) is 4.79 Å². The Morgan fingerprint density at radius 1 is 1.39 bits per heavy atom. The van der Waals surface area contributed by atoms with Gasteiger partial charge in [-0.25, -0.2) is 0 Å². The number of likely N-dealkylation sites (N-methyl/N-ethyl adjacent to an activating group) is 1. The second-order valence-corrected chi connectivity index (χ2v) is 5.15. The molecule has 0 fully saturated rings. The summed E-state index contributed by atoms with van der Waals surface area (Å²) in [6.45, 7) is 5.55. The Morgan fingerprint density at radius 2 is 2.00 bits per heavy atom. The predicted octanol–water partition coefficient (Wildman–Crippen LogP) is 1.01. The van der Waals surface area contributed by atoms with E-state index in [0.29, 0.717) is 12.5 Å². The van der Waals surface area contributed by atoms with E-state index in [9.17, 15) is 4.79 Å². The van der Waals surface area contributed by atoms with Crippen LogP contribution in [0, 0.1) is 0 Å². The van der Waals surface area contributed by atoms with E-state index in [2.05, 4.69) is 23.6 Å². The SMILES string of the molecule is COCC(C)N(C)CCCCC(C)(N)C(=O)OC. The Kier molecular flexibility index (Phi) is 8.15. The smallest absolute Gasteiger partial charge is 0.325 e. The molecule has 0 bridgehead atoms. The van der Waals surface area contributed by atoms with Gasteiger partial charge >= 0.3 is 5.97 Å². The maximum atomic E-state index is 11.4. The fraction of sp³-hybridized carbons (Fsp3) is 0.923. The van der Waals surface area contributed by atoms with Gasteiger partial charge in [0.1, 0.15) is 5.54 Å². The minimum atomic E-state index is -0.870. The van der Waals surface area contributed by atoms with Crippen LogP contribution in [-0.4, -0.2) is 56.9 Å². The number of carbonyl (C=O) groups is 1. The molecule has 0 saturated carbocycles. The summed E-state index contributed by atoms with van der Waals surface area (Å²) in [5, 5.41) is 0. The van der Waals surface area contributed by atoms with Gasteiger partial charge in [-0.15, -0.1) is 0 Å². The number of nitrogens with two attached hydrogens (primary N) is 1. The summed E-state index contributed by atoms with van der Waals surface area (Å²) < 4.78 is 9.78. The van der Waals surface area contributed by atoms with Crippen LogP contribution in [-0.2, 0) is 14.3 Å². The first-order valence-corrected chi connectivity index (χ1v) is 6.41. The Hall–Kier alpha value is -0.650. The average molecular weight is 260 g/mol. The minimum absolute atomic E-state index is 0.344. The number of methoxy groups -OCH3 is 2. The normalized spacial score (nSPS) is 16.4. The third-order valence-electron chi connectivity index (χ3n) is 3.27. The van der Waals surface area contributed by atoms with Gasteiger partial charge in [-0.2, -0.15) is 0 Å². The zero-order valence-corrected chi connectivity index (χ0v) is 12.4. The summed E-state index contributed by atoms with van der Waals surface area (Å²) in [4.78, 5) is 13.6. The topological polar surface area (TPSA) is 64.8 Å². The van der Waals surface area contributed by atoms with Crippen LogP contribution < -0.4 is 5.73 Å². The molecule has 5 heteroatoms. The van der Waals surface area contributed by atoms with E-state index >= 15 is 0 Å². The number of carbonyl (C=O) groups excluding carboxylic acids is 1. The number of ether oxygens (including phenoxy) is 2. The Bertz CT molecular complexity index is 244. The van der Waals surface area contributed by atoms with Gasteiger partial charge in [0, 0.05) is 13.2 Å². The van der Waals surface area contributed by atoms with Gasteiger partial charge in [-0.05, 0) is 46.7 Å². The van der Waals surface area contributed by atoms with E-state index in [4.69, 9.17) is 10.5 Å². The molecule has 2 atom stereocenters. The molecule has 0 aromatic carbocycles. The van der Waals surface area contributed by atoms with Crippen molar-refractivity contribution in [3.63, 3.8) is 0 Å². The molecule has 0 aliphatic rings. The third kappa shape index (κ3) is 6.33. The van der Waals surface area contributed by atoms with Crippen LogP contribution in [0.15, 0.2) is 0 Å². The third-order valence-corrected chi connectivity index (χ3v) is 3.27. The van der Waals surface area contributed by atoms with Crippen molar-refractivity contribution in [1.82, 2.24) is 4.90 Å². The van der Waals surface area contributed by atoms with Crippen molar-refractivity contribution in [3.8, 4) is 0 Å². The number of nitrogens with zero attached hydrogens (tertiary/aromatic N) is 1. The maximum absolute atomic E-state index is 11.4. The van der Waals surface area contributed by atoms with Crippen LogP contribution in [0.4, 0.5) is 0 Å². The molecule has 0 aliphatic carbocycles. The second-order valence-electron chi connectivity index (χ2n) is 5.15. The number of unbranched alkanes of at least 4 members (excludes halogenated alkanes) is 1. The lowest BCUT2D eigenvalue weighted by atomic mass is 9.96. The predicted molar refractivity (Wildman–Crippen MR) is 72.4 cm³/mol. The van der Waals surface area contributed by atoms with E-state index < -0.39 is 5.54 Å². The highest BCUT2D eigenvalue weighted by Gasteiger charge is 2.28. The fourth-order valence-corrected chi connectivity index (χ4v) is 1.78. The van der Waals surface area contributed by atoms with Gasteiger partial charge in [0.25, 0.3) is 0 Å². The number of rotatable bonds is 9. The number of hydrogen-bond acceptors (Lipinski definition) is 5. The highest BCUT2D eigenvalue weighted by Crippen LogP contribution is 2.13. The average Bonchev–Trinajstić information content (AvgIpc) is 2.33. The van der Waals surface area contributed by atoms with Crippen molar-refractivity contribution in [2.45, 2.75) is 44.7 Å². The first-order valence-electron chi connectivity index (χ1n) is 6.41. The Balaban J connectivity index is 3.82. The Labute approximate surface area is 111 Å². The van der Waals surface area contributed by atoms with E-state index in [-0.39, 0.29) is 5.97 Å². The van der Waals surface area contributed by atoms with E-state index in [1.807, 2.05) is 0 Å². The lowest BCUT2D eigenvalue weighted by molar-refractivity contribution is -0.146. The number of esters is 1. The molecule has 0 aromatic heterocycles. The van der Waals surface area contributed by atoms with Crippen molar-refractivity contribution in [2.24, 2.45) is 5.73 Å². The first kappa shape index (κ1) is 17.4. The molecule has 18 heavy (non-hydrogen) atoms. The van der Waals surface area contributed by atoms with Crippen LogP contribution in [0.5, 0.6) is 0 Å². The molecule has 0 rings (SSSR count). The van der Waals surface area contributed by atoms with Crippen LogP contribution >= 0.6 is 0 Å². The van der Waals surface area contributed by atoms with Crippen molar-refractivity contribution in [3.05, 3.63) is 0 Å².